The topological polar surface area (TPSA) is 67.6 Å². The van der Waals surface area contributed by atoms with E-state index in [1.807, 2.05) is 29.0 Å². The van der Waals surface area contributed by atoms with E-state index < -0.39 is 0 Å². The minimum absolute atomic E-state index is 0.539. The number of hydrogen-bond donors (Lipinski definition) is 0. The zero-order valence-corrected chi connectivity index (χ0v) is 19.7. The summed E-state index contributed by atoms with van der Waals surface area (Å²) in [6.07, 6.45) is 0. The molecule has 7 rings (SSSR count). The fourth-order valence-corrected chi connectivity index (χ4v) is 6.23. The molecule has 34 heavy (non-hydrogen) atoms. The molecule has 0 saturated heterocycles. The van der Waals surface area contributed by atoms with E-state index in [2.05, 4.69) is 24.3 Å². The van der Waals surface area contributed by atoms with Gasteiger partial charge in [0.25, 0.3) is 0 Å². The molecule has 5 heterocycles. The van der Waals surface area contributed by atoms with Crippen molar-refractivity contribution < 1.29 is 18.9 Å². The lowest BCUT2D eigenvalue weighted by atomic mass is 10.0. The Kier molecular flexibility index (Phi) is 4.70. The van der Waals surface area contributed by atoms with Crippen LogP contribution in [0, 0.1) is 0 Å². The van der Waals surface area contributed by atoms with Crippen LogP contribution in [-0.4, -0.2) is 41.4 Å². The molecule has 0 N–H and O–H groups in total. The first-order valence-corrected chi connectivity index (χ1v) is 12.8. The third-order valence-electron chi connectivity index (χ3n) is 5.84. The monoisotopic (exact) mass is 489 g/mol. The van der Waals surface area contributed by atoms with Crippen LogP contribution in [0.1, 0.15) is 5.56 Å². The van der Waals surface area contributed by atoms with Gasteiger partial charge in [-0.3, -0.25) is 0 Å². The van der Waals surface area contributed by atoms with Crippen molar-refractivity contribution >= 4 is 33.7 Å². The fraction of sp³-hybridized carbons (Fsp3) is 0.200. The number of fused-ring (bicyclic) bond motifs is 3. The maximum absolute atomic E-state index is 5.97. The number of thiophene rings is 2. The van der Waals surface area contributed by atoms with E-state index in [-0.39, 0.29) is 0 Å². The van der Waals surface area contributed by atoms with Gasteiger partial charge < -0.3 is 18.9 Å². The summed E-state index contributed by atoms with van der Waals surface area (Å²) in [5.41, 5.74) is 4.76. The van der Waals surface area contributed by atoms with E-state index in [0.717, 1.165) is 60.5 Å². The van der Waals surface area contributed by atoms with Gasteiger partial charge in [-0.1, -0.05) is 42.5 Å². The third-order valence-corrected chi connectivity index (χ3v) is 7.79. The van der Waals surface area contributed by atoms with Crippen LogP contribution < -0.4 is 18.9 Å². The summed E-state index contributed by atoms with van der Waals surface area (Å²) in [5, 5.41) is 13.9. The Morgan fingerprint density at radius 1 is 0.676 bits per heavy atom. The summed E-state index contributed by atoms with van der Waals surface area (Å²) in [5.74, 6) is 3.15. The molecule has 0 unspecified atom stereocenters. The average molecular weight is 490 g/mol. The van der Waals surface area contributed by atoms with Crippen molar-refractivity contribution in [2.75, 3.05) is 26.4 Å². The van der Waals surface area contributed by atoms with Crippen molar-refractivity contribution in [3.63, 3.8) is 0 Å². The maximum atomic E-state index is 5.97. The molecule has 0 fully saturated rings. The van der Waals surface area contributed by atoms with Crippen LogP contribution in [-0.2, 0) is 6.54 Å². The molecule has 0 spiro atoms. The van der Waals surface area contributed by atoms with Crippen LogP contribution in [0.25, 0.3) is 31.9 Å². The van der Waals surface area contributed by atoms with Gasteiger partial charge in [0.05, 0.1) is 16.3 Å². The Labute approximate surface area is 203 Å². The maximum Gasteiger partial charge on any atom is 0.180 e. The second-order valence-corrected chi connectivity index (χ2v) is 9.74. The first-order chi connectivity index (χ1) is 16.8. The Bertz CT molecular complexity index is 1410. The van der Waals surface area contributed by atoms with Gasteiger partial charge in [0.15, 0.2) is 23.0 Å². The molecule has 2 aliphatic heterocycles. The summed E-state index contributed by atoms with van der Waals surface area (Å²) in [6, 6.07) is 14.4. The standard InChI is InChI=1S/C25H19N3O4S2/c1-2-4-15(5-3-1)12-28-26-20-16(24-22-18(13-33-24)29-8-10-31-22)6-7-17(21(20)27-28)25-23-19(14-34-25)30-9-11-32-23/h1-7,13-14H,8-12H2. The molecule has 0 atom stereocenters. The summed E-state index contributed by atoms with van der Waals surface area (Å²) >= 11 is 3.21. The molecule has 7 nitrogen and oxygen atoms in total. The molecular formula is C25H19N3O4S2. The van der Waals surface area contributed by atoms with E-state index >= 15 is 0 Å². The second-order valence-electron chi connectivity index (χ2n) is 7.98. The van der Waals surface area contributed by atoms with Gasteiger partial charge in [0.2, 0.25) is 0 Å². The zero-order valence-electron chi connectivity index (χ0n) is 18.0. The second kappa shape index (κ2) is 8.03. The van der Waals surface area contributed by atoms with Crippen molar-refractivity contribution in [1.29, 1.82) is 0 Å². The van der Waals surface area contributed by atoms with Crippen LogP contribution in [0.5, 0.6) is 23.0 Å². The van der Waals surface area contributed by atoms with Crippen molar-refractivity contribution in [1.82, 2.24) is 15.0 Å². The molecule has 0 aliphatic carbocycles. The highest BCUT2D eigenvalue weighted by atomic mass is 32.1. The Balaban J connectivity index is 1.42. The summed E-state index contributed by atoms with van der Waals surface area (Å²) in [6.45, 7) is 2.79. The molecule has 0 radical (unpaired) electrons. The van der Waals surface area contributed by atoms with Crippen molar-refractivity contribution in [2.24, 2.45) is 0 Å². The van der Waals surface area contributed by atoms with Gasteiger partial charge in [-0.15, -0.1) is 22.7 Å². The Morgan fingerprint density at radius 3 is 1.76 bits per heavy atom. The predicted molar refractivity (Wildman–Crippen MR) is 132 cm³/mol. The molecule has 2 aromatic carbocycles. The average Bonchev–Trinajstić information content (AvgIpc) is 3.61. The largest absolute Gasteiger partial charge is 0.485 e. The molecule has 0 bridgehead atoms. The van der Waals surface area contributed by atoms with Gasteiger partial charge in [-0.05, 0) is 5.56 Å². The SMILES string of the molecule is c1ccc(Cn2nc3c(-c4scc5c4OCCO5)ccc(-c4scc5c4OCCO5)c3n2)cc1. The summed E-state index contributed by atoms with van der Waals surface area (Å²) in [7, 11) is 0. The zero-order chi connectivity index (χ0) is 22.5. The third kappa shape index (κ3) is 3.23. The van der Waals surface area contributed by atoms with Gasteiger partial charge in [0, 0.05) is 21.9 Å². The van der Waals surface area contributed by atoms with Crippen molar-refractivity contribution in [3.8, 4) is 43.9 Å². The van der Waals surface area contributed by atoms with Crippen LogP contribution in [0.15, 0.2) is 53.2 Å². The summed E-state index contributed by atoms with van der Waals surface area (Å²) in [4.78, 5) is 3.78. The van der Waals surface area contributed by atoms with E-state index in [1.54, 1.807) is 27.5 Å². The van der Waals surface area contributed by atoms with E-state index in [1.165, 1.54) is 0 Å². The fourth-order valence-electron chi connectivity index (χ4n) is 4.32. The van der Waals surface area contributed by atoms with Gasteiger partial charge >= 0.3 is 0 Å². The molecule has 3 aromatic heterocycles. The number of hydrogen-bond acceptors (Lipinski definition) is 8. The number of nitrogens with zero attached hydrogens (tertiary/aromatic N) is 3. The van der Waals surface area contributed by atoms with Gasteiger partial charge in [0.1, 0.15) is 37.5 Å². The van der Waals surface area contributed by atoms with E-state index in [4.69, 9.17) is 29.1 Å². The first-order valence-electron chi connectivity index (χ1n) is 11.0. The lowest BCUT2D eigenvalue weighted by Gasteiger charge is -2.17. The van der Waals surface area contributed by atoms with Gasteiger partial charge in [-0.25, -0.2) is 0 Å². The Hall–Kier alpha value is -3.56. The number of ether oxygens (including phenoxy) is 4. The molecule has 170 valence electrons. The van der Waals surface area contributed by atoms with Crippen LogP contribution in [0.3, 0.4) is 0 Å². The van der Waals surface area contributed by atoms with Crippen molar-refractivity contribution in [3.05, 3.63) is 58.8 Å². The number of aromatic nitrogens is 3. The van der Waals surface area contributed by atoms with Crippen LogP contribution in [0.2, 0.25) is 0 Å². The predicted octanol–water partition coefficient (Wildman–Crippen LogP) is 5.48. The highest BCUT2D eigenvalue weighted by Gasteiger charge is 2.26. The lowest BCUT2D eigenvalue weighted by Crippen LogP contribution is -2.14. The minimum Gasteiger partial charge on any atom is -0.485 e. The molecule has 2 aliphatic rings. The molecule has 9 heteroatoms. The van der Waals surface area contributed by atoms with E-state index in [0.29, 0.717) is 33.0 Å². The van der Waals surface area contributed by atoms with Crippen LogP contribution >= 0.6 is 22.7 Å². The molecule has 0 saturated carbocycles. The molecule has 5 aromatic rings. The first kappa shape index (κ1) is 19.9. The Morgan fingerprint density at radius 2 is 1.21 bits per heavy atom. The number of rotatable bonds is 4. The minimum atomic E-state index is 0.539. The highest BCUT2D eigenvalue weighted by molar-refractivity contribution is 7.15. The summed E-state index contributed by atoms with van der Waals surface area (Å²) < 4.78 is 23.5. The molecule has 0 amide bonds. The van der Waals surface area contributed by atoms with Gasteiger partial charge in [-0.2, -0.15) is 15.0 Å². The number of benzene rings is 2. The van der Waals surface area contributed by atoms with Crippen molar-refractivity contribution in [2.45, 2.75) is 6.54 Å². The highest BCUT2D eigenvalue weighted by Crippen LogP contribution is 2.50. The smallest absolute Gasteiger partial charge is 0.180 e. The normalized spacial score (nSPS) is 14.5. The van der Waals surface area contributed by atoms with E-state index in [9.17, 15) is 0 Å². The lowest BCUT2D eigenvalue weighted by molar-refractivity contribution is 0.174. The quantitative estimate of drug-likeness (QED) is 0.333. The van der Waals surface area contributed by atoms with Crippen LogP contribution in [0.4, 0.5) is 0 Å². The molecular weight excluding hydrogens is 470 g/mol.